The molecule has 0 saturated carbocycles. The number of hydrogen-bond acceptors (Lipinski definition) is 6. The van der Waals surface area contributed by atoms with Gasteiger partial charge in [0, 0.05) is 33.5 Å². The van der Waals surface area contributed by atoms with Crippen LogP contribution in [0.15, 0.2) is 88.2 Å². The van der Waals surface area contributed by atoms with Crippen molar-refractivity contribution >= 4 is 55.6 Å². The summed E-state index contributed by atoms with van der Waals surface area (Å²) in [6, 6.07) is 19.9. The molecule has 43 heavy (non-hydrogen) atoms. The Morgan fingerprint density at radius 2 is 1.56 bits per heavy atom. The molecule has 3 aromatic rings. The number of urea groups is 1. The molecular formula is C32H34BrN3O5S2. The van der Waals surface area contributed by atoms with Crippen LogP contribution < -0.4 is 10.0 Å². The molecule has 0 aliphatic heterocycles. The zero-order valence-corrected chi connectivity index (χ0v) is 27.4. The SMILES string of the molecule is CCCN(C(=O)N[C@H](CSCC(C)C)C(=O)NS(=O)(=O)c1ccc(Br)cc1)C(=O)c1cccc(C#Cc2ccccc2)c1. The number of hydrogen-bond donors (Lipinski definition) is 2. The number of nitrogens with zero attached hydrogens (tertiary/aromatic N) is 1. The highest BCUT2D eigenvalue weighted by Crippen LogP contribution is 2.16. The second-order valence-corrected chi connectivity index (χ2v) is 13.7. The standard InChI is InChI=1S/C32H34BrN3O5S2/c1-4-19-36(31(38)26-12-8-11-25(20-26)14-13-24-9-6-5-7-10-24)32(39)34-29(22-42-21-23(2)3)30(37)35-43(40,41)28-17-15-27(33)16-18-28/h5-12,15-18,20,23,29H,4,19,21-22H2,1-3H3,(H,34,39)(H,35,37)/t29-/m1/s1. The van der Waals surface area contributed by atoms with Crippen LogP contribution in [-0.2, 0) is 14.8 Å². The summed E-state index contributed by atoms with van der Waals surface area (Å²) in [6.07, 6.45) is 0.476. The van der Waals surface area contributed by atoms with E-state index >= 15 is 0 Å². The van der Waals surface area contributed by atoms with Gasteiger partial charge in [0.1, 0.15) is 6.04 Å². The Bertz CT molecular complexity index is 1580. The number of imide groups is 1. The van der Waals surface area contributed by atoms with Crippen molar-refractivity contribution in [1.29, 1.82) is 0 Å². The molecule has 0 radical (unpaired) electrons. The molecule has 0 heterocycles. The lowest BCUT2D eigenvalue weighted by Crippen LogP contribution is -2.54. The van der Waals surface area contributed by atoms with E-state index in [0.717, 1.165) is 10.5 Å². The average molecular weight is 685 g/mol. The zero-order valence-electron chi connectivity index (χ0n) is 24.2. The van der Waals surface area contributed by atoms with Gasteiger partial charge < -0.3 is 5.32 Å². The number of carbonyl (C=O) groups excluding carboxylic acids is 3. The molecule has 11 heteroatoms. The summed E-state index contributed by atoms with van der Waals surface area (Å²) >= 11 is 4.66. The highest BCUT2D eigenvalue weighted by molar-refractivity contribution is 9.10. The van der Waals surface area contributed by atoms with Gasteiger partial charge in [0.25, 0.3) is 21.8 Å². The first-order valence-electron chi connectivity index (χ1n) is 13.7. The Kier molecular flexibility index (Phi) is 12.9. The fraction of sp³-hybridized carbons (Fsp3) is 0.281. The van der Waals surface area contributed by atoms with Crippen LogP contribution in [0.5, 0.6) is 0 Å². The van der Waals surface area contributed by atoms with Gasteiger partial charge in [-0.15, -0.1) is 0 Å². The van der Waals surface area contributed by atoms with Gasteiger partial charge in [-0.1, -0.05) is 72.8 Å². The second kappa shape index (κ2) is 16.3. The fourth-order valence-corrected chi connectivity index (χ4v) is 6.14. The Morgan fingerprint density at radius 1 is 0.907 bits per heavy atom. The van der Waals surface area contributed by atoms with Gasteiger partial charge >= 0.3 is 6.03 Å². The van der Waals surface area contributed by atoms with Crippen LogP contribution in [-0.4, -0.2) is 55.3 Å². The third kappa shape index (κ3) is 10.6. The highest BCUT2D eigenvalue weighted by Gasteiger charge is 2.30. The summed E-state index contributed by atoms with van der Waals surface area (Å²) in [5, 5.41) is 2.60. The van der Waals surface area contributed by atoms with Crippen LogP contribution in [0.25, 0.3) is 0 Å². The maximum atomic E-state index is 13.5. The largest absolute Gasteiger partial charge is 0.325 e. The Morgan fingerprint density at radius 3 is 2.21 bits per heavy atom. The number of carbonyl (C=O) groups is 3. The lowest BCUT2D eigenvalue weighted by molar-refractivity contribution is -0.120. The van der Waals surface area contributed by atoms with Crippen molar-refractivity contribution in [2.75, 3.05) is 18.1 Å². The van der Waals surface area contributed by atoms with Crippen molar-refractivity contribution < 1.29 is 22.8 Å². The molecule has 8 nitrogen and oxygen atoms in total. The smallest absolute Gasteiger partial charge is 0.325 e. The van der Waals surface area contributed by atoms with Crippen LogP contribution in [0.3, 0.4) is 0 Å². The number of nitrogens with one attached hydrogen (secondary N) is 2. The van der Waals surface area contributed by atoms with E-state index in [2.05, 4.69) is 37.8 Å². The van der Waals surface area contributed by atoms with Gasteiger partial charge in [-0.2, -0.15) is 11.8 Å². The van der Waals surface area contributed by atoms with Crippen LogP contribution in [0, 0.1) is 17.8 Å². The molecule has 2 N–H and O–H groups in total. The fourth-order valence-electron chi connectivity index (χ4n) is 3.78. The number of halogens is 1. The Balaban J connectivity index is 1.80. The van der Waals surface area contributed by atoms with Gasteiger partial charge in [0.05, 0.1) is 4.90 Å². The molecule has 3 aromatic carbocycles. The molecule has 0 spiro atoms. The summed E-state index contributed by atoms with van der Waals surface area (Å²) in [6.45, 7) is 5.94. The molecule has 0 aliphatic carbocycles. The van der Waals surface area contributed by atoms with E-state index in [1.54, 1.807) is 36.4 Å². The van der Waals surface area contributed by atoms with Gasteiger partial charge in [0.15, 0.2) is 0 Å². The monoisotopic (exact) mass is 683 g/mol. The van der Waals surface area contributed by atoms with Crippen molar-refractivity contribution in [3.63, 3.8) is 0 Å². The van der Waals surface area contributed by atoms with Crippen LogP contribution >= 0.6 is 27.7 Å². The lowest BCUT2D eigenvalue weighted by atomic mass is 10.1. The second-order valence-electron chi connectivity index (χ2n) is 10.0. The molecule has 226 valence electrons. The zero-order chi connectivity index (χ0) is 31.4. The van der Waals surface area contributed by atoms with Crippen LogP contribution in [0.4, 0.5) is 4.79 Å². The van der Waals surface area contributed by atoms with E-state index in [1.807, 2.05) is 51.1 Å². The maximum Gasteiger partial charge on any atom is 0.325 e. The van der Waals surface area contributed by atoms with Crippen LogP contribution in [0.2, 0.25) is 0 Å². The normalized spacial score (nSPS) is 11.7. The summed E-state index contributed by atoms with van der Waals surface area (Å²) < 4.78 is 28.5. The van der Waals surface area contributed by atoms with E-state index in [4.69, 9.17) is 0 Å². The minimum atomic E-state index is -4.19. The molecule has 4 amide bonds. The quantitative estimate of drug-likeness (QED) is 0.252. The third-order valence-electron chi connectivity index (χ3n) is 5.88. The van der Waals surface area contributed by atoms with E-state index in [1.165, 1.54) is 23.9 Å². The molecule has 3 rings (SSSR count). The van der Waals surface area contributed by atoms with E-state index < -0.39 is 33.9 Å². The number of rotatable bonds is 11. The van der Waals surface area contributed by atoms with Crippen molar-refractivity contribution in [3.8, 4) is 11.8 Å². The first kappa shape index (κ1) is 33.9. The number of sulfonamides is 1. The van der Waals surface area contributed by atoms with E-state index in [0.29, 0.717) is 28.1 Å². The highest BCUT2D eigenvalue weighted by atomic mass is 79.9. The molecule has 0 aliphatic rings. The molecule has 0 saturated heterocycles. The van der Waals surface area contributed by atoms with Gasteiger partial charge in [-0.05, 0) is 72.7 Å². The first-order valence-corrected chi connectivity index (χ1v) is 17.1. The molecule has 0 unspecified atom stereocenters. The molecular weight excluding hydrogens is 650 g/mol. The Hall–Kier alpha value is -3.59. The van der Waals surface area contributed by atoms with Gasteiger partial charge in [-0.3, -0.25) is 14.5 Å². The van der Waals surface area contributed by atoms with E-state index in [9.17, 15) is 22.8 Å². The number of thioether (sulfide) groups is 1. The predicted molar refractivity (Wildman–Crippen MR) is 174 cm³/mol. The Labute approximate surface area is 266 Å². The van der Waals surface area contributed by atoms with Crippen molar-refractivity contribution in [1.82, 2.24) is 14.9 Å². The number of amides is 4. The van der Waals surface area contributed by atoms with Crippen molar-refractivity contribution in [3.05, 3.63) is 100 Å². The third-order valence-corrected chi connectivity index (χ3v) is 9.24. The summed E-state index contributed by atoms with van der Waals surface area (Å²) in [5.74, 6) is 5.75. The lowest BCUT2D eigenvalue weighted by Gasteiger charge is -2.25. The van der Waals surface area contributed by atoms with Crippen molar-refractivity contribution in [2.45, 2.75) is 38.1 Å². The van der Waals surface area contributed by atoms with Crippen LogP contribution in [0.1, 0.15) is 48.7 Å². The van der Waals surface area contributed by atoms with E-state index in [-0.39, 0.29) is 22.8 Å². The maximum absolute atomic E-state index is 13.5. The molecule has 0 fully saturated rings. The topological polar surface area (TPSA) is 113 Å². The first-order chi connectivity index (χ1) is 20.5. The summed E-state index contributed by atoms with van der Waals surface area (Å²) in [4.78, 5) is 41.1. The molecule has 0 bridgehead atoms. The molecule has 1 atom stereocenters. The minimum absolute atomic E-state index is 0.0925. The predicted octanol–water partition coefficient (Wildman–Crippen LogP) is 5.67. The minimum Gasteiger partial charge on any atom is -0.325 e. The van der Waals surface area contributed by atoms with Gasteiger partial charge in [-0.25, -0.2) is 17.9 Å². The summed E-state index contributed by atoms with van der Waals surface area (Å²) in [5.41, 5.74) is 1.69. The summed E-state index contributed by atoms with van der Waals surface area (Å²) in [7, 11) is -4.19. The van der Waals surface area contributed by atoms with Gasteiger partial charge in [0.2, 0.25) is 0 Å². The average Bonchev–Trinajstić information content (AvgIpc) is 2.98. The number of benzene rings is 3. The van der Waals surface area contributed by atoms with Crippen molar-refractivity contribution in [2.24, 2.45) is 5.92 Å². The molecule has 0 aromatic heterocycles.